The Bertz CT molecular complexity index is 1010. The molecule has 2 amide bonds. The molecular formula is C23H28N4O5S. The van der Waals surface area contributed by atoms with Crippen LogP contribution in [-0.2, 0) is 9.53 Å². The van der Waals surface area contributed by atoms with E-state index < -0.39 is 0 Å². The van der Waals surface area contributed by atoms with Crippen molar-refractivity contribution < 1.29 is 23.8 Å². The molecular weight excluding hydrogens is 444 g/mol. The van der Waals surface area contributed by atoms with Crippen molar-refractivity contribution in [2.75, 3.05) is 50.7 Å². The molecule has 2 aliphatic heterocycles. The van der Waals surface area contributed by atoms with E-state index in [2.05, 4.69) is 34.4 Å². The van der Waals surface area contributed by atoms with Gasteiger partial charge in [0.2, 0.25) is 12.7 Å². The number of rotatable bonds is 8. The van der Waals surface area contributed by atoms with Gasteiger partial charge in [-0.15, -0.1) is 0 Å². The van der Waals surface area contributed by atoms with Gasteiger partial charge in [-0.2, -0.15) is 0 Å². The molecule has 0 saturated carbocycles. The highest BCUT2D eigenvalue weighted by molar-refractivity contribution is 8.00. The number of hydrogen-bond donors (Lipinski definition) is 2. The van der Waals surface area contributed by atoms with Crippen LogP contribution in [0.1, 0.15) is 24.2 Å². The van der Waals surface area contributed by atoms with Crippen LogP contribution in [0.4, 0.5) is 5.69 Å². The van der Waals surface area contributed by atoms with Crippen molar-refractivity contribution in [1.29, 1.82) is 0 Å². The number of morpholine rings is 1. The zero-order valence-electron chi connectivity index (χ0n) is 18.8. The average Bonchev–Trinajstić information content (AvgIpc) is 3.30. The Kier molecular flexibility index (Phi) is 7.36. The number of aromatic nitrogens is 1. The van der Waals surface area contributed by atoms with Crippen molar-refractivity contribution in [3.05, 3.63) is 42.1 Å². The number of carbonyl (C=O) groups excluding carboxylic acids is 2. The molecule has 10 heteroatoms. The molecule has 9 nitrogen and oxygen atoms in total. The molecule has 3 heterocycles. The van der Waals surface area contributed by atoms with Crippen LogP contribution in [0.5, 0.6) is 11.5 Å². The number of fused-ring (bicyclic) bond motifs is 1. The van der Waals surface area contributed by atoms with Gasteiger partial charge in [0.05, 0.1) is 24.5 Å². The van der Waals surface area contributed by atoms with Crippen molar-refractivity contribution >= 4 is 29.3 Å². The van der Waals surface area contributed by atoms with Crippen LogP contribution in [0.25, 0.3) is 0 Å². The highest BCUT2D eigenvalue weighted by atomic mass is 32.2. The number of anilines is 1. The lowest BCUT2D eigenvalue weighted by molar-refractivity contribution is -0.113. The number of nitrogens with one attached hydrogen (secondary N) is 2. The maximum Gasteiger partial charge on any atom is 0.254 e. The fraction of sp³-hybridized carbons (Fsp3) is 0.435. The van der Waals surface area contributed by atoms with Gasteiger partial charge in [0.15, 0.2) is 11.5 Å². The molecule has 2 aliphatic rings. The SMILES string of the molecule is CC(C)(CNC(=O)c1cccnc1SCC(=O)Nc1ccc2c(c1)OCO2)N1CCOCC1. The predicted octanol–water partition coefficient (Wildman–Crippen LogP) is 2.38. The molecule has 1 aromatic carbocycles. The maximum atomic E-state index is 12.9. The van der Waals surface area contributed by atoms with Crippen LogP contribution in [0.3, 0.4) is 0 Å². The van der Waals surface area contributed by atoms with Crippen LogP contribution in [0, 0.1) is 0 Å². The average molecular weight is 473 g/mol. The van der Waals surface area contributed by atoms with E-state index in [1.54, 1.807) is 36.5 Å². The van der Waals surface area contributed by atoms with Gasteiger partial charge >= 0.3 is 0 Å². The number of nitrogens with zero attached hydrogens (tertiary/aromatic N) is 2. The molecule has 176 valence electrons. The summed E-state index contributed by atoms with van der Waals surface area (Å²) in [6.07, 6.45) is 1.62. The van der Waals surface area contributed by atoms with E-state index in [0.29, 0.717) is 47.5 Å². The first-order valence-electron chi connectivity index (χ1n) is 10.8. The Morgan fingerprint density at radius 1 is 1.15 bits per heavy atom. The van der Waals surface area contributed by atoms with Gasteiger partial charge in [-0.25, -0.2) is 4.98 Å². The molecule has 1 saturated heterocycles. The van der Waals surface area contributed by atoms with E-state index in [0.717, 1.165) is 13.1 Å². The van der Waals surface area contributed by atoms with E-state index in [1.165, 1.54) is 11.8 Å². The van der Waals surface area contributed by atoms with Crippen molar-refractivity contribution in [2.45, 2.75) is 24.4 Å². The highest BCUT2D eigenvalue weighted by Crippen LogP contribution is 2.34. The summed E-state index contributed by atoms with van der Waals surface area (Å²) >= 11 is 1.22. The first-order valence-corrected chi connectivity index (χ1v) is 11.8. The normalized spacial score (nSPS) is 15.8. The molecule has 2 aromatic rings. The molecule has 1 fully saturated rings. The second-order valence-corrected chi connectivity index (χ2v) is 9.32. The maximum absolute atomic E-state index is 12.9. The van der Waals surface area contributed by atoms with E-state index in [9.17, 15) is 9.59 Å². The van der Waals surface area contributed by atoms with Gasteiger partial charge in [0, 0.05) is 43.1 Å². The zero-order chi connectivity index (χ0) is 23.3. The van der Waals surface area contributed by atoms with Gasteiger partial charge in [0.25, 0.3) is 5.91 Å². The first kappa shape index (κ1) is 23.3. The van der Waals surface area contributed by atoms with Crippen LogP contribution >= 0.6 is 11.8 Å². The Labute approximate surface area is 197 Å². The summed E-state index contributed by atoms with van der Waals surface area (Å²) in [6, 6.07) is 8.68. The lowest BCUT2D eigenvalue weighted by Gasteiger charge is -2.40. The molecule has 4 rings (SSSR count). The number of carbonyl (C=O) groups is 2. The number of thioether (sulfide) groups is 1. The standard InChI is InChI=1S/C23H28N4O5S/c1-23(2,27-8-10-30-11-9-27)14-25-21(29)17-4-3-7-24-22(17)33-13-20(28)26-16-5-6-18-19(12-16)32-15-31-18/h3-7,12H,8-11,13-15H2,1-2H3,(H,25,29)(H,26,28). The van der Waals surface area contributed by atoms with Gasteiger partial charge in [-0.05, 0) is 38.1 Å². The lowest BCUT2D eigenvalue weighted by atomic mass is 10.0. The van der Waals surface area contributed by atoms with Crippen molar-refractivity contribution in [2.24, 2.45) is 0 Å². The summed E-state index contributed by atoms with van der Waals surface area (Å²) < 4.78 is 16.0. The Morgan fingerprint density at radius 3 is 2.76 bits per heavy atom. The molecule has 0 atom stereocenters. The quantitative estimate of drug-likeness (QED) is 0.565. The van der Waals surface area contributed by atoms with Crippen LogP contribution < -0.4 is 20.1 Å². The smallest absolute Gasteiger partial charge is 0.254 e. The predicted molar refractivity (Wildman–Crippen MR) is 125 cm³/mol. The molecule has 2 N–H and O–H groups in total. The summed E-state index contributed by atoms with van der Waals surface area (Å²) in [5.74, 6) is 0.963. The van der Waals surface area contributed by atoms with Crippen molar-refractivity contribution in [3.8, 4) is 11.5 Å². The number of hydrogen-bond acceptors (Lipinski definition) is 8. The minimum absolute atomic E-state index is 0.116. The molecule has 1 aromatic heterocycles. The molecule has 0 aliphatic carbocycles. The molecule has 0 spiro atoms. The van der Waals surface area contributed by atoms with E-state index in [-0.39, 0.29) is 29.9 Å². The minimum atomic E-state index is -0.205. The topological polar surface area (TPSA) is 102 Å². The summed E-state index contributed by atoms with van der Waals surface area (Å²) in [5, 5.41) is 6.37. The Morgan fingerprint density at radius 2 is 1.94 bits per heavy atom. The monoisotopic (exact) mass is 472 g/mol. The second-order valence-electron chi connectivity index (χ2n) is 8.36. The highest BCUT2D eigenvalue weighted by Gasteiger charge is 2.29. The van der Waals surface area contributed by atoms with E-state index >= 15 is 0 Å². The zero-order valence-corrected chi connectivity index (χ0v) is 19.6. The van der Waals surface area contributed by atoms with Crippen LogP contribution in [0.2, 0.25) is 0 Å². The Hall–Kier alpha value is -2.82. The lowest BCUT2D eigenvalue weighted by Crippen LogP contribution is -2.55. The fourth-order valence-corrected chi connectivity index (χ4v) is 4.45. The summed E-state index contributed by atoms with van der Waals surface area (Å²) in [7, 11) is 0. The van der Waals surface area contributed by atoms with Crippen molar-refractivity contribution in [1.82, 2.24) is 15.2 Å². The van der Waals surface area contributed by atoms with Gasteiger partial charge < -0.3 is 24.8 Å². The number of benzene rings is 1. The van der Waals surface area contributed by atoms with E-state index in [4.69, 9.17) is 14.2 Å². The molecule has 33 heavy (non-hydrogen) atoms. The number of pyridine rings is 1. The van der Waals surface area contributed by atoms with Gasteiger partial charge in [-0.1, -0.05) is 11.8 Å². The number of ether oxygens (including phenoxy) is 3. The molecule has 0 radical (unpaired) electrons. The van der Waals surface area contributed by atoms with Gasteiger partial charge in [-0.3, -0.25) is 14.5 Å². The second kappa shape index (κ2) is 10.4. The third kappa shape index (κ3) is 5.95. The minimum Gasteiger partial charge on any atom is -0.454 e. The first-order chi connectivity index (χ1) is 15.9. The fourth-order valence-electron chi connectivity index (χ4n) is 3.66. The third-order valence-corrected chi connectivity index (χ3v) is 6.57. The largest absolute Gasteiger partial charge is 0.454 e. The van der Waals surface area contributed by atoms with E-state index in [1.807, 2.05) is 0 Å². The van der Waals surface area contributed by atoms with Crippen LogP contribution in [0.15, 0.2) is 41.6 Å². The third-order valence-electron chi connectivity index (χ3n) is 5.56. The number of amides is 2. The summed E-state index contributed by atoms with van der Waals surface area (Å²) in [6.45, 7) is 7.98. The summed E-state index contributed by atoms with van der Waals surface area (Å²) in [5.41, 5.74) is 0.879. The van der Waals surface area contributed by atoms with Crippen LogP contribution in [-0.4, -0.2) is 72.6 Å². The summed E-state index contributed by atoms with van der Waals surface area (Å²) in [4.78, 5) is 32.0. The molecule has 0 bridgehead atoms. The molecule has 0 unspecified atom stereocenters. The van der Waals surface area contributed by atoms with Gasteiger partial charge in [0.1, 0.15) is 5.03 Å². The van der Waals surface area contributed by atoms with Crippen molar-refractivity contribution in [3.63, 3.8) is 0 Å². The Balaban J connectivity index is 1.32.